The van der Waals surface area contributed by atoms with Crippen molar-refractivity contribution in [3.63, 3.8) is 0 Å². The van der Waals surface area contributed by atoms with E-state index in [1.54, 1.807) is 23.5 Å². The van der Waals surface area contributed by atoms with Gasteiger partial charge in [-0.25, -0.2) is 0 Å². The third-order valence-corrected chi connectivity index (χ3v) is 4.73. The molecule has 1 aromatic carbocycles. The van der Waals surface area contributed by atoms with Crippen LogP contribution in [-0.2, 0) is 6.54 Å². The summed E-state index contributed by atoms with van der Waals surface area (Å²) in [7, 11) is 2.02. The Hall–Kier alpha value is -0.680. The van der Waals surface area contributed by atoms with Gasteiger partial charge in [0.15, 0.2) is 5.78 Å². The van der Waals surface area contributed by atoms with E-state index in [1.165, 1.54) is 5.56 Å². The number of benzene rings is 1. The van der Waals surface area contributed by atoms with Gasteiger partial charge in [-0.2, -0.15) is 0 Å². The Morgan fingerprint density at radius 1 is 1.40 bits per heavy atom. The first-order chi connectivity index (χ1) is 9.54. The first-order valence-corrected chi connectivity index (χ1v) is 8.30. The van der Waals surface area contributed by atoms with Gasteiger partial charge in [-0.05, 0) is 52.1 Å². The highest BCUT2D eigenvalue weighted by Crippen LogP contribution is 2.21. The summed E-state index contributed by atoms with van der Waals surface area (Å²) in [6.45, 7) is 1.59. The second-order valence-corrected chi connectivity index (χ2v) is 7.41. The number of hydrogen-bond donors (Lipinski definition) is 0. The SMILES string of the molecule is CN(CCC(=O)c1cccc(Cl)c1)Cc1csc(Br)c1. The van der Waals surface area contributed by atoms with Gasteiger partial charge in [0.2, 0.25) is 0 Å². The largest absolute Gasteiger partial charge is 0.302 e. The average Bonchev–Trinajstić information content (AvgIpc) is 2.81. The quantitative estimate of drug-likeness (QED) is 0.674. The van der Waals surface area contributed by atoms with Gasteiger partial charge >= 0.3 is 0 Å². The second kappa shape index (κ2) is 7.36. The molecule has 20 heavy (non-hydrogen) atoms. The standard InChI is InChI=1S/C15H15BrClNOS/c1-18(9-11-7-15(16)20-10-11)6-5-14(19)12-3-2-4-13(17)8-12/h2-4,7-8,10H,5-6,9H2,1H3. The molecule has 1 aromatic heterocycles. The van der Waals surface area contributed by atoms with Crippen molar-refractivity contribution >= 4 is 44.7 Å². The summed E-state index contributed by atoms with van der Waals surface area (Å²) in [6, 6.07) is 9.23. The maximum absolute atomic E-state index is 12.1. The van der Waals surface area contributed by atoms with E-state index in [0.29, 0.717) is 17.0 Å². The van der Waals surface area contributed by atoms with Gasteiger partial charge in [-0.15, -0.1) is 11.3 Å². The van der Waals surface area contributed by atoms with Crippen molar-refractivity contribution in [2.45, 2.75) is 13.0 Å². The first-order valence-electron chi connectivity index (χ1n) is 6.25. The number of carbonyl (C=O) groups excluding carboxylic acids is 1. The molecule has 0 atom stereocenters. The Labute approximate surface area is 136 Å². The maximum atomic E-state index is 12.1. The monoisotopic (exact) mass is 371 g/mol. The lowest BCUT2D eigenvalue weighted by atomic mass is 10.1. The lowest BCUT2D eigenvalue weighted by Crippen LogP contribution is -2.21. The highest BCUT2D eigenvalue weighted by atomic mass is 79.9. The van der Waals surface area contributed by atoms with Crippen LogP contribution in [0.3, 0.4) is 0 Å². The molecule has 5 heteroatoms. The molecule has 0 radical (unpaired) electrons. The van der Waals surface area contributed by atoms with Gasteiger partial charge in [0.1, 0.15) is 0 Å². The molecule has 106 valence electrons. The van der Waals surface area contributed by atoms with Crippen molar-refractivity contribution < 1.29 is 4.79 Å². The zero-order chi connectivity index (χ0) is 14.5. The number of carbonyl (C=O) groups is 1. The molecular weight excluding hydrogens is 358 g/mol. The van der Waals surface area contributed by atoms with Crippen molar-refractivity contribution in [2.24, 2.45) is 0 Å². The normalized spacial score (nSPS) is 11.0. The highest BCUT2D eigenvalue weighted by Gasteiger charge is 2.09. The van der Waals surface area contributed by atoms with E-state index >= 15 is 0 Å². The summed E-state index contributed by atoms with van der Waals surface area (Å²) in [5.74, 6) is 0.130. The molecule has 2 rings (SSSR count). The van der Waals surface area contributed by atoms with Crippen LogP contribution in [0.25, 0.3) is 0 Å². The van der Waals surface area contributed by atoms with Crippen LogP contribution in [0.5, 0.6) is 0 Å². The fourth-order valence-electron chi connectivity index (χ4n) is 1.92. The minimum Gasteiger partial charge on any atom is -0.302 e. The average molecular weight is 373 g/mol. The molecule has 0 aliphatic carbocycles. The van der Waals surface area contributed by atoms with Gasteiger partial charge < -0.3 is 4.90 Å². The molecule has 0 N–H and O–H groups in total. The lowest BCUT2D eigenvalue weighted by molar-refractivity contribution is 0.0968. The molecule has 1 heterocycles. The summed E-state index contributed by atoms with van der Waals surface area (Å²) in [6.07, 6.45) is 0.502. The number of hydrogen-bond acceptors (Lipinski definition) is 3. The Balaban J connectivity index is 1.84. The molecule has 0 aliphatic rings. The van der Waals surface area contributed by atoms with E-state index in [-0.39, 0.29) is 5.78 Å². The summed E-state index contributed by atoms with van der Waals surface area (Å²) < 4.78 is 1.14. The molecule has 0 aliphatic heterocycles. The summed E-state index contributed by atoms with van der Waals surface area (Å²) in [5.41, 5.74) is 1.95. The van der Waals surface area contributed by atoms with E-state index in [4.69, 9.17) is 11.6 Å². The smallest absolute Gasteiger partial charge is 0.164 e. The lowest BCUT2D eigenvalue weighted by Gasteiger charge is -2.15. The highest BCUT2D eigenvalue weighted by molar-refractivity contribution is 9.11. The Morgan fingerprint density at radius 2 is 2.20 bits per heavy atom. The first kappa shape index (κ1) is 15.7. The summed E-state index contributed by atoms with van der Waals surface area (Å²) in [4.78, 5) is 14.2. The number of thiophene rings is 1. The molecule has 0 fully saturated rings. The minimum atomic E-state index is 0.130. The number of ketones is 1. The van der Waals surface area contributed by atoms with E-state index in [1.807, 2.05) is 19.2 Å². The zero-order valence-electron chi connectivity index (χ0n) is 11.1. The maximum Gasteiger partial charge on any atom is 0.164 e. The van der Waals surface area contributed by atoms with E-state index in [0.717, 1.165) is 16.9 Å². The van der Waals surface area contributed by atoms with Crippen LogP contribution in [0.4, 0.5) is 0 Å². The van der Waals surface area contributed by atoms with Crippen molar-refractivity contribution in [1.82, 2.24) is 4.90 Å². The van der Waals surface area contributed by atoms with Crippen molar-refractivity contribution in [3.8, 4) is 0 Å². The van der Waals surface area contributed by atoms with Gasteiger partial charge in [0, 0.05) is 30.1 Å². The molecule has 0 unspecified atom stereocenters. The number of rotatable bonds is 6. The molecule has 0 spiro atoms. The van der Waals surface area contributed by atoms with Crippen LogP contribution in [0.1, 0.15) is 22.3 Å². The van der Waals surface area contributed by atoms with Gasteiger partial charge in [0.25, 0.3) is 0 Å². The van der Waals surface area contributed by atoms with Gasteiger partial charge in [-0.1, -0.05) is 23.7 Å². The summed E-state index contributed by atoms with van der Waals surface area (Å²) in [5, 5.41) is 2.73. The predicted molar refractivity (Wildman–Crippen MR) is 88.8 cm³/mol. The van der Waals surface area contributed by atoms with E-state index in [2.05, 4.69) is 32.3 Å². The van der Waals surface area contributed by atoms with Gasteiger partial charge in [-0.3, -0.25) is 4.79 Å². The van der Waals surface area contributed by atoms with Crippen LogP contribution in [-0.4, -0.2) is 24.3 Å². The topological polar surface area (TPSA) is 20.3 Å². The molecule has 2 nitrogen and oxygen atoms in total. The Morgan fingerprint density at radius 3 is 2.85 bits per heavy atom. The molecule has 2 aromatic rings. The fraction of sp³-hybridized carbons (Fsp3) is 0.267. The minimum absolute atomic E-state index is 0.130. The molecule has 0 bridgehead atoms. The Kier molecular flexibility index (Phi) is 5.78. The number of nitrogens with zero attached hydrogens (tertiary/aromatic N) is 1. The van der Waals surface area contributed by atoms with Gasteiger partial charge in [0.05, 0.1) is 3.79 Å². The summed E-state index contributed by atoms with van der Waals surface area (Å²) >= 11 is 11.0. The van der Waals surface area contributed by atoms with Crippen LogP contribution in [0, 0.1) is 0 Å². The van der Waals surface area contributed by atoms with E-state index < -0.39 is 0 Å². The second-order valence-electron chi connectivity index (χ2n) is 4.68. The van der Waals surface area contributed by atoms with E-state index in [9.17, 15) is 4.79 Å². The molecule has 0 saturated heterocycles. The molecular formula is C15H15BrClNOS. The fourth-order valence-corrected chi connectivity index (χ4v) is 3.31. The third-order valence-electron chi connectivity index (χ3n) is 2.94. The third kappa shape index (κ3) is 4.70. The van der Waals surface area contributed by atoms with Crippen LogP contribution >= 0.6 is 38.9 Å². The van der Waals surface area contributed by atoms with Crippen molar-refractivity contribution in [1.29, 1.82) is 0 Å². The van der Waals surface area contributed by atoms with Crippen molar-refractivity contribution in [3.05, 3.63) is 55.6 Å². The molecule has 0 saturated carbocycles. The van der Waals surface area contributed by atoms with Crippen LogP contribution < -0.4 is 0 Å². The van der Waals surface area contributed by atoms with Crippen LogP contribution in [0.15, 0.2) is 39.5 Å². The Bertz CT molecular complexity index is 599. The number of Topliss-reactive ketones (excluding diaryl/α,β-unsaturated/α-hetero) is 1. The molecule has 0 amide bonds. The zero-order valence-corrected chi connectivity index (χ0v) is 14.3. The predicted octanol–water partition coefficient (Wildman–Crippen LogP) is 4.87. The van der Waals surface area contributed by atoms with Crippen LogP contribution in [0.2, 0.25) is 5.02 Å². The number of halogens is 2. The van der Waals surface area contributed by atoms with Crippen molar-refractivity contribution in [2.75, 3.05) is 13.6 Å².